The van der Waals surface area contributed by atoms with Gasteiger partial charge in [-0.15, -0.1) is 0 Å². The Labute approximate surface area is 193 Å². The molecule has 0 heterocycles. The zero-order valence-electron chi connectivity index (χ0n) is 19.8. The van der Waals surface area contributed by atoms with Gasteiger partial charge in [-0.25, -0.2) is 0 Å². The lowest BCUT2D eigenvalue weighted by molar-refractivity contribution is -0.103. The molecular weight excluding hydrogens is 392 g/mol. The molecule has 4 aliphatic carbocycles. The van der Waals surface area contributed by atoms with E-state index < -0.39 is 6.29 Å². The van der Waals surface area contributed by atoms with Gasteiger partial charge in [0.2, 0.25) is 0 Å². The van der Waals surface area contributed by atoms with Crippen molar-refractivity contribution in [3.63, 3.8) is 0 Å². The summed E-state index contributed by atoms with van der Waals surface area (Å²) in [7, 11) is 1.59. The topological polar surface area (TPSA) is 29.5 Å². The molecule has 6 unspecified atom stereocenters. The molecule has 1 fully saturated rings. The number of hydrogen-bond donors (Lipinski definition) is 1. The van der Waals surface area contributed by atoms with Crippen LogP contribution in [0.25, 0.3) is 0 Å². The Morgan fingerprint density at radius 2 is 1.66 bits per heavy atom. The molecule has 0 radical (unpaired) electrons. The predicted molar refractivity (Wildman–Crippen MR) is 132 cm³/mol. The van der Waals surface area contributed by atoms with Crippen LogP contribution in [0.2, 0.25) is 0 Å². The Morgan fingerprint density at radius 1 is 0.938 bits per heavy atom. The second kappa shape index (κ2) is 8.47. The van der Waals surface area contributed by atoms with Crippen LogP contribution in [-0.4, -0.2) is 18.5 Å². The number of fused-ring (bicyclic) bond motifs is 2. The summed E-state index contributed by atoms with van der Waals surface area (Å²) < 4.78 is 5.33. The lowest BCUT2D eigenvalue weighted by atomic mass is 9.68. The molecule has 6 atom stereocenters. The summed E-state index contributed by atoms with van der Waals surface area (Å²) >= 11 is 0. The first-order chi connectivity index (χ1) is 15.6. The van der Waals surface area contributed by atoms with Crippen molar-refractivity contribution in [2.24, 2.45) is 17.8 Å². The van der Waals surface area contributed by atoms with E-state index in [9.17, 15) is 5.11 Å². The fourth-order valence-electron chi connectivity index (χ4n) is 7.36. The van der Waals surface area contributed by atoms with E-state index in [0.717, 1.165) is 0 Å². The van der Waals surface area contributed by atoms with Crippen molar-refractivity contribution in [2.75, 3.05) is 7.11 Å². The minimum Gasteiger partial charge on any atom is -0.367 e. The molecule has 1 aromatic carbocycles. The van der Waals surface area contributed by atoms with Crippen molar-refractivity contribution in [3.8, 4) is 0 Å². The van der Waals surface area contributed by atoms with Gasteiger partial charge in [-0.2, -0.15) is 0 Å². The Hall–Kier alpha value is -1.90. The maximum atomic E-state index is 10.5. The quantitative estimate of drug-likeness (QED) is 0.441. The van der Waals surface area contributed by atoms with E-state index in [0.29, 0.717) is 11.8 Å². The number of aliphatic hydroxyl groups is 1. The Morgan fingerprint density at radius 3 is 2.38 bits per heavy atom. The number of benzene rings is 1. The van der Waals surface area contributed by atoms with Crippen LogP contribution in [0.3, 0.4) is 0 Å². The minimum atomic E-state index is -0.790. The molecule has 1 spiro atoms. The van der Waals surface area contributed by atoms with Gasteiger partial charge >= 0.3 is 0 Å². The lowest BCUT2D eigenvalue weighted by Crippen LogP contribution is -2.30. The number of hydrogen-bond acceptors (Lipinski definition) is 2. The Balaban J connectivity index is 1.61. The zero-order valence-corrected chi connectivity index (χ0v) is 19.8. The summed E-state index contributed by atoms with van der Waals surface area (Å²) in [5.41, 5.74) is 4.98. The third kappa shape index (κ3) is 3.06. The van der Waals surface area contributed by atoms with Crippen molar-refractivity contribution in [1.82, 2.24) is 0 Å². The molecule has 2 nitrogen and oxygen atoms in total. The number of rotatable bonds is 9. The normalized spacial score (nSPS) is 33.6. The molecule has 5 rings (SSSR count). The molecule has 0 aliphatic heterocycles. The van der Waals surface area contributed by atoms with Crippen LogP contribution in [-0.2, 0) is 15.6 Å². The highest BCUT2D eigenvalue weighted by molar-refractivity contribution is 5.63. The summed E-state index contributed by atoms with van der Waals surface area (Å²) in [6, 6.07) is 7.28. The first kappa shape index (κ1) is 21.9. The van der Waals surface area contributed by atoms with Crippen LogP contribution in [0, 0.1) is 17.8 Å². The van der Waals surface area contributed by atoms with Gasteiger partial charge in [-0.1, -0.05) is 106 Å². The summed E-state index contributed by atoms with van der Waals surface area (Å²) in [5, 5.41) is 10.5. The van der Waals surface area contributed by atoms with E-state index in [1.54, 1.807) is 18.2 Å². The molecule has 0 amide bonds. The first-order valence-corrected chi connectivity index (χ1v) is 12.7. The van der Waals surface area contributed by atoms with Crippen molar-refractivity contribution in [2.45, 2.75) is 75.4 Å². The summed E-state index contributed by atoms with van der Waals surface area (Å²) in [6.07, 6.45) is 24.9. The lowest BCUT2D eigenvalue weighted by Gasteiger charge is -2.36. The first-order valence-electron chi connectivity index (χ1n) is 12.7. The monoisotopic (exact) mass is 430 g/mol. The molecule has 32 heavy (non-hydrogen) atoms. The molecule has 0 aromatic heterocycles. The fourth-order valence-corrected chi connectivity index (χ4v) is 7.36. The van der Waals surface area contributed by atoms with Crippen LogP contribution in [0.15, 0.2) is 66.8 Å². The SMILES string of the molecule is CCCCC1(CCCC)c2cc(C3C=CC=CC3C(O)OC)ccc2C23C=CC=CC2C13. The van der Waals surface area contributed by atoms with Gasteiger partial charge in [0.05, 0.1) is 0 Å². The van der Waals surface area contributed by atoms with E-state index in [1.165, 1.54) is 44.1 Å². The highest BCUT2D eigenvalue weighted by Gasteiger charge is 2.75. The van der Waals surface area contributed by atoms with Crippen molar-refractivity contribution in [3.05, 3.63) is 83.5 Å². The van der Waals surface area contributed by atoms with Gasteiger partial charge in [0.15, 0.2) is 6.29 Å². The van der Waals surface area contributed by atoms with Crippen LogP contribution in [0.5, 0.6) is 0 Å². The summed E-state index contributed by atoms with van der Waals surface area (Å²) in [6.45, 7) is 4.65. The molecular formula is C30H38O2. The smallest absolute Gasteiger partial charge is 0.161 e. The second-order valence-electron chi connectivity index (χ2n) is 10.3. The Kier molecular flexibility index (Phi) is 5.80. The number of aliphatic hydroxyl groups excluding tert-OH is 1. The maximum absolute atomic E-state index is 10.5. The maximum Gasteiger partial charge on any atom is 0.161 e. The molecule has 4 aliphatic rings. The van der Waals surface area contributed by atoms with Gasteiger partial charge in [0.25, 0.3) is 0 Å². The third-order valence-corrected chi connectivity index (χ3v) is 8.85. The highest BCUT2D eigenvalue weighted by atomic mass is 16.6. The highest BCUT2D eigenvalue weighted by Crippen LogP contribution is 2.77. The average Bonchev–Trinajstić information content (AvgIpc) is 3.48. The largest absolute Gasteiger partial charge is 0.367 e. The molecule has 1 aromatic rings. The van der Waals surface area contributed by atoms with Crippen LogP contribution in [0.1, 0.15) is 75.0 Å². The van der Waals surface area contributed by atoms with Gasteiger partial charge in [-0.05, 0) is 41.4 Å². The van der Waals surface area contributed by atoms with Gasteiger partial charge in [-0.3, -0.25) is 0 Å². The van der Waals surface area contributed by atoms with Crippen LogP contribution in [0.4, 0.5) is 0 Å². The summed E-state index contributed by atoms with van der Waals surface area (Å²) in [4.78, 5) is 0. The zero-order chi connectivity index (χ0) is 22.3. The van der Waals surface area contributed by atoms with Gasteiger partial charge < -0.3 is 9.84 Å². The average molecular weight is 431 g/mol. The molecule has 2 heteroatoms. The molecule has 170 valence electrons. The van der Waals surface area contributed by atoms with Crippen molar-refractivity contribution in [1.29, 1.82) is 0 Å². The standard InChI is InChI=1S/C30H38O2/c1-4-6-17-29(18-7-5-2)26-20-21(22-12-8-9-13-23(22)28(31)32-3)15-16-24(26)30-19-11-10-14-25(30)27(29)30/h8-16,19-20,22-23,25,27-28,31H,4-7,17-18H2,1-3H3. The van der Waals surface area contributed by atoms with E-state index in [-0.39, 0.29) is 22.7 Å². The Bertz CT molecular complexity index is 959. The van der Waals surface area contributed by atoms with Crippen molar-refractivity contribution < 1.29 is 9.84 Å². The van der Waals surface area contributed by atoms with E-state index in [2.05, 4.69) is 74.6 Å². The third-order valence-electron chi connectivity index (χ3n) is 8.85. The minimum absolute atomic E-state index is 0.0527. The number of ether oxygens (including phenoxy) is 1. The molecule has 0 saturated heterocycles. The number of unbranched alkanes of at least 4 members (excludes halogenated alkanes) is 2. The van der Waals surface area contributed by atoms with E-state index >= 15 is 0 Å². The van der Waals surface area contributed by atoms with Crippen molar-refractivity contribution >= 4 is 0 Å². The van der Waals surface area contributed by atoms with Gasteiger partial charge in [0, 0.05) is 29.8 Å². The van der Waals surface area contributed by atoms with Crippen LogP contribution >= 0.6 is 0 Å². The molecule has 1 saturated carbocycles. The second-order valence-corrected chi connectivity index (χ2v) is 10.3. The number of allylic oxidation sites excluding steroid dienone is 7. The molecule has 0 bridgehead atoms. The molecule has 1 N–H and O–H groups in total. The fraction of sp³-hybridized carbons (Fsp3) is 0.533. The number of methoxy groups -OCH3 is 1. The van der Waals surface area contributed by atoms with E-state index in [4.69, 9.17) is 4.74 Å². The van der Waals surface area contributed by atoms with Gasteiger partial charge in [0.1, 0.15) is 0 Å². The summed E-state index contributed by atoms with van der Waals surface area (Å²) in [5.74, 6) is 1.46. The van der Waals surface area contributed by atoms with Crippen LogP contribution < -0.4 is 0 Å². The van der Waals surface area contributed by atoms with E-state index in [1.807, 2.05) is 6.08 Å². The predicted octanol–water partition coefficient (Wildman–Crippen LogP) is 6.72.